The normalized spacial score (nSPS) is 13.0. The number of aliphatic hydroxyl groups excluding tert-OH is 1. The van der Waals surface area contributed by atoms with Crippen LogP contribution in [0.1, 0.15) is 11.0 Å². The van der Waals surface area contributed by atoms with Crippen LogP contribution >= 0.6 is 12.1 Å². The molecule has 0 fully saturated rings. The van der Waals surface area contributed by atoms with Crippen LogP contribution in [0.15, 0.2) is 30.3 Å². The van der Waals surface area contributed by atoms with Crippen LogP contribution in [0.25, 0.3) is 0 Å². The predicted molar refractivity (Wildman–Crippen MR) is 40.1 cm³/mol. The Morgan fingerprint density at radius 1 is 1.30 bits per heavy atom. The summed E-state index contributed by atoms with van der Waals surface area (Å²) in [5.41, 5.74) is -0.448. The SMILES string of the molecule is OC(SF)c1ccccc1. The lowest BCUT2D eigenvalue weighted by Crippen LogP contribution is -1.87. The molecule has 0 aliphatic rings. The van der Waals surface area contributed by atoms with E-state index >= 15 is 0 Å². The monoisotopic (exact) mass is 158 g/mol. The molecule has 0 aromatic heterocycles. The van der Waals surface area contributed by atoms with Gasteiger partial charge in [-0.25, -0.2) is 0 Å². The fourth-order valence-electron chi connectivity index (χ4n) is 0.669. The summed E-state index contributed by atoms with van der Waals surface area (Å²) < 4.78 is 11.7. The molecule has 0 amide bonds. The van der Waals surface area contributed by atoms with Gasteiger partial charge in [-0.2, -0.15) is 3.89 Å². The van der Waals surface area contributed by atoms with Gasteiger partial charge in [0.05, 0.1) is 12.1 Å². The van der Waals surface area contributed by atoms with Gasteiger partial charge >= 0.3 is 0 Å². The van der Waals surface area contributed by atoms with E-state index in [1.54, 1.807) is 24.3 Å². The van der Waals surface area contributed by atoms with Crippen molar-refractivity contribution < 1.29 is 8.99 Å². The molecule has 0 aliphatic carbocycles. The zero-order valence-electron chi connectivity index (χ0n) is 5.20. The summed E-state index contributed by atoms with van der Waals surface area (Å²) in [4.78, 5) is 0. The van der Waals surface area contributed by atoms with Gasteiger partial charge in [0.2, 0.25) is 0 Å². The molecule has 1 atom stereocenters. The van der Waals surface area contributed by atoms with E-state index in [4.69, 9.17) is 5.11 Å². The number of hydrogen-bond acceptors (Lipinski definition) is 2. The fraction of sp³-hybridized carbons (Fsp3) is 0.143. The van der Waals surface area contributed by atoms with Crippen LogP contribution in [0.3, 0.4) is 0 Å². The van der Waals surface area contributed by atoms with E-state index < -0.39 is 5.44 Å². The van der Waals surface area contributed by atoms with Crippen molar-refractivity contribution in [2.24, 2.45) is 0 Å². The average Bonchev–Trinajstić information content (AvgIpc) is 2.05. The van der Waals surface area contributed by atoms with E-state index in [0.717, 1.165) is 0 Å². The van der Waals surface area contributed by atoms with Crippen LogP contribution in [0.5, 0.6) is 0 Å². The number of rotatable bonds is 2. The van der Waals surface area contributed by atoms with Crippen molar-refractivity contribution in [2.75, 3.05) is 0 Å². The van der Waals surface area contributed by atoms with Crippen molar-refractivity contribution in [3.63, 3.8) is 0 Å². The molecule has 10 heavy (non-hydrogen) atoms. The Hall–Kier alpha value is -0.540. The molecule has 1 aromatic carbocycles. The molecule has 1 unspecified atom stereocenters. The lowest BCUT2D eigenvalue weighted by Gasteiger charge is -2.02. The van der Waals surface area contributed by atoms with E-state index in [1.807, 2.05) is 6.07 Å². The van der Waals surface area contributed by atoms with Gasteiger partial charge in [-0.05, 0) is 5.56 Å². The third-order valence-electron chi connectivity index (χ3n) is 1.17. The lowest BCUT2D eigenvalue weighted by atomic mass is 10.2. The first-order valence-corrected chi connectivity index (χ1v) is 3.63. The van der Waals surface area contributed by atoms with E-state index in [1.165, 1.54) is 0 Å². The first-order valence-electron chi connectivity index (χ1n) is 2.85. The summed E-state index contributed by atoms with van der Waals surface area (Å²) in [6.45, 7) is 0. The maximum absolute atomic E-state index is 11.7. The summed E-state index contributed by atoms with van der Waals surface area (Å²) in [6, 6.07) is 8.69. The zero-order valence-corrected chi connectivity index (χ0v) is 6.01. The summed E-state index contributed by atoms with van der Waals surface area (Å²) in [5.74, 6) is 0. The second kappa shape index (κ2) is 3.58. The Kier molecular flexibility index (Phi) is 2.71. The highest BCUT2D eigenvalue weighted by atomic mass is 32.2. The summed E-state index contributed by atoms with van der Waals surface area (Å²) in [6.07, 6.45) is 0. The molecular weight excluding hydrogens is 151 g/mol. The Labute approximate surface area is 63.2 Å². The Bertz CT molecular complexity index is 190. The minimum Gasteiger partial charge on any atom is -0.375 e. The van der Waals surface area contributed by atoms with Gasteiger partial charge in [0, 0.05) is 0 Å². The summed E-state index contributed by atoms with van der Waals surface area (Å²) in [7, 11) is 0. The summed E-state index contributed by atoms with van der Waals surface area (Å²) >= 11 is -0.0666. The van der Waals surface area contributed by atoms with Gasteiger partial charge < -0.3 is 5.11 Å². The third kappa shape index (κ3) is 1.72. The van der Waals surface area contributed by atoms with Gasteiger partial charge in [0.25, 0.3) is 0 Å². The second-order valence-corrected chi connectivity index (χ2v) is 2.48. The molecule has 0 saturated carbocycles. The Morgan fingerprint density at radius 3 is 2.40 bits per heavy atom. The number of aliphatic hydroxyl groups is 1. The number of benzene rings is 1. The molecule has 1 N–H and O–H groups in total. The zero-order chi connectivity index (χ0) is 7.40. The van der Waals surface area contributed by atoms with Gasteiger partial charge in [-0.15, -0.1) is 0 Å². The molecular formula is C7H7FOS. The predicted octanol–water partition coefficient (Wildman–Crippen LogP) is 2.30. The summed E-state index contributed by atoms with van der Waals surface area (Å²) in [5, 5.41) is 8.92. The maximum atomic E-state index is 11.7. The van der Waals surface area contributed by atoms with Crippen molar-refractivity contribution in [1.29, 1.82) is 0 Å². The minimum atomic E-state index is -1.04. The van der Waals surface area contributed by atoms with Gasteiger partial charge in [0.1, 0.15) is 0 Å². The highest BCUT2D eigenvalue weighted by Crippen LogP contribution is 2.25. The first-order chi connectivity index (χ1) is 4.84. The maximum Gasteiger partial charge on any atom is 0.155 e. The third-order valence-corrected chi connectivity index (χ3v) is 1.61. The van der Waals surface area contributed by atoms with Gasteiger partial charge in [-0.1, -0.05) is 30.3 Å². The highest BCUT2D eigenvalue weighted by Gasteiger charge is 2.05. The van der Waals surface area contributed by atoms with Crippen LogP contribution in [0.2, 0.25) is 0 Å². The van der Waals surface area contributed by atoms with Crippen molar-refractivity contribution in [3.8, 4) is 0 Å². The average molecular weight is 158 g/mol. The fourth-order valence-corrected chi connectivity index (χ4v) is 0.929. The van der Waals surface area contributed by atoms with E-state index in [0.29, 0.717) is 5.56 Å². The van der Waals surface area contributed by atoms with Crippen molar-refractivity contribution in [2.45, 2.75) is 5.44 Å². The topological polar surface area (TPSA) is 20.2 Å². The van der Waals surface area contributed by atoms with Crippen LogP contribution in [0.4, 0.5) is 3.89 Å². The largest absolute Gasteiger partial charge is 0.375 e. The van der Waals surface area contributed by atoms with Crippen LogP contribution in [-0.2, 0) is 0 Å². The highest BCUT2D eigenvalue weighted by molar-refractivity contribution is 7.94. The molecule has 1 nitrogen and oxygen atoms in total. The quantitative estimate of drug-likeness (QED) is 0.666. The first kappa shape index (κ1) is 7.57. The Morgan fingerprint density at radius 2 is 1.90 bits per heavy atom. The van der Waals surface area contributed by atoms with Crippen molar-refractivity contribution in [1.82, 2.24) is 0 Å². The van der Waals surface area contributed by atoms with Crippen molar-refractivity contribution >= 4 is 12.1 Å². The van der Waals surface area contributed by atoms with Crippen LogP contribution in [0, 0.1) is 0 Å². The molecule has 0 spiro atoms. The molecule has 0 heterocycles. The van der Waals surface area contributed by atoms with Crippen LogP contribution in [-0.4, -0.2) is 5.11 Å². The molecule has 54 valence electrons. The molecule has 0 saturated heterocycles. The molecule has 0 bridgehead atoms. The standard InChI is InChI=1S/C7H7FOS/c8-10-7(9)6-4-2-1-3-5-6/h1-5,7,9H. The molecule has 1 rings (SSSR count). The smallest absolute Gasteiger partial charge is 0.155 e. The van der Waals surface area contributed by atoms with E-state index in [-0.39, 0.29) is 12.1 Å². The van der Waals surface area contributed by atoms with E-state index in [2.05, 4.69) is 0 Å². The van der Waals surface area contributed by atoms with Gasteiger partial charge in [0.15, 0.2) is 5.44 Å². The molecule has 0 aliphatic heterocycles. The Balaban J connectivity index is 2.75. The minimum absolute atomic E-state index is 0.0666. The van der Waals surface area contributed by atoms with E-state index in [9.17, 15) is 3.89 Å². The number of halogens is 1. The van der Waals surface area contributed by atoms with Crippen LogP contribution < -0.4 is 0 Å². The van der Waals surface area contributed by atoms with Gasteiger partial charge in [-0.3, -0.25) is 0 Å². The number of hydrogen-bond donors (Lipinski definition) is 1. The molecule has 1 aromatic rings. The molecule has 3 heteroatoms. The van der Waals surface area contributed by atoms with Crippen molar-refractivity contribution in [3.05, 3.63) is 35.9 Å². The lowest BCUT2D eigenvalue weighted by molar-refractivity contribution is 0.266. The second-order valence-electron chi connectivity index (χ2n) is 1.85. The molecule has 0 radical (unpaired) electrons.